The van der Waals surface area contributed by atoms with Crippen LogP contribution in [0.5, 0.6) is 0 Å². The highest BCUT2D eigenvalue weighted by atomic mass is 16.2. The fraction of sp³-hybridized carbons (Fsp3) is 0.929. The molecular formula is C14H27N3O. The fourth-order valence-electron chi connectivity index (χ4n) is 3.27. The highest BCUT2D eigenvalue weighted by Gasteiger charge is 2.34. The van der Waals surface area contributed by atoms with Crippen molar-refractivity contribution in [2.45, 2.75) is 51.6 Å². The summed E-state index contributed by atoms with van der Waals surface area (Å²) < 4.78 is 0. The van der Waals surface area contributed by atoms with Crippen LogP contribution < -0.4 is 10.6 Å². The molecular weight excluding hydrogens is 226 g/mol. The third-order valence-electron chi connectivity index (χ3n) is 4.39. The number of carbonyl (C=O) groups excluding carboxylic acids is 1. The van der Waals surface area contributed by atoms with Gasteiger partial charge in [0.25, 0.3) is 0 Å². The Balaban J connectivity index is 1.96. The molecule has 1 saturated heterocycles. The molecule has 0 aromatic heterocycles. The summed E-state index contributed by atoms with van der Waals surface area (Å²) in [5, 5.41) is 6.32. The van der Waals surface area contributed by atoms with Crippen molar-refractivity contribution < 1.29 is 4.79 Å². The van der Waals surface area contributed by atoms with Crippen LogP contribution in [0.1, 0.15) is 39.5 Å². The summed E-state index contributed by atoms with van der Waals surface area (Å²) in [4.78, 5) is 14.6. The highest BCUT2D eigenvalue weighted by molar-refractivity contribution is 5.82. The third kappa shape index (κ3) is 3.23. The zero-order valence-corrected chi connectivity index (χ0v) is 11.7. The first-order valence-electron chi connectivity index (χ1n) is 7.46. The third-order valence-corrected chi connectivity index (χ3v) is 4.39. The Morgan fingerprint density at radius 1 is 1.33 bits per heavy atom. The van der Waals surface area contributed by atoms with Gasteiger partial charge in [-0.25, -0.2) is 0 Å². The molecule has 2 aliphatic rings. The predicted octanol–water partition coefficient (Wildman–Crippen LogP) is 0.975. The van der Waals surface area contributed by atoms with Crippen LogP contribution in [0.2, 0.25) is 0 Å². The minimum atomic E-state index is 0.0390. The topological polar surface area (TPSA) is 44.4 Å². The summed E-state index contributed by atoms with van der Waals surface area (Å²) in [6, 6.07) is 0.660. The van der Waals surface area contributed by atoms with Gasteiger partial charge in [-0.1, -0.05) is 6.92 Å². The number of likely N-dealkylation sites (N-methyl/N-ethyl adjacent to an activating group) is 1. The smallest absolute Gasteiger partial charge is 0.238 e. The van der Waals surface area contributed by atoms with Crippen LogP contribution in [-0.2, 0) is 4.79 Å². The van der Waals surface area contributed by atoms with Gasteiger partial charge in [0, 0.05) is 32.2 Å². The molecule has 104 valence electrons. The predicted molar refractivity (Wildman–Crippen MR) is 73.5 cm³/mol. The molecule has 1 atom stereocenters. The summed E-state index contributed by atoms with van der Waals surface area (Å²) in [5.74, 6) is 1.07. The van der Waals surface area contributed by atoms with E-state index in [0.717, 1.165) is 32.1 Å². The normalized spacial score (nSPS) is 34.2. The first-order chi connectivity index (χ1) is 8.72. The minimum absolute atomic E-state index is 0.0390. The first kappa shape index (κ1) is 13.8. The van der Waals surface area contributed by atoms with E-state index in [4.69, 9.17) is 0 Å². The number of nitrogens with one attached hydrogen (secondary N) is 2. The maximum atomic E-state index is 12.1. The number of nitrogens with zero attached hydrogens (tertiary/aromatic N) is 1. The second-order valence-electron chi connectivity index (χ2n) is 5.77. The molecule has 0 aromatic rings. The minimum Gasteiger partial charge on any atom is -0.355 e. The lowest BCUT2D eigenvalue weighted by Gasteiger charge is -2.43. The maximum absolute atomic E-state index is 12.1. The van der Waals surface area contributed by atoms with Crippen LogP contribution >= 0.6 is 0 Å². The summed E-state index contributed by atoms with van der Waals surface area (Å²) >= 11 is 0. The largest absolute Gasteiger partial charge is 0.355 e. The molecule has 1 aliphatic heterocycles. The average Bonchev–Trinajstić information content (AvgIpc) is 2.40. The molecule has 1 heterocycles. The number of rotatable bonds is 3. The second kappa shape index (κ2) is 6.53. The molecule has 18 heavy (non-hydrogen) atoms. The van der Waals surface area contributed by atoms with Crippen LogP contribution in [0.4, 0.5) is 0 Å². The van der Waals surface area contributed by atoms with E-state index in [1.54, 1.807) is 0 Å². The zero-order valence-electron chi connectivity index (χ0n) is 11.7. The van der Waals surface area contributed by atoms with Gasteiger partial charge in [0.1, 0.15) is 6.04 Å². The van der Waals surface area contributed by atoms with Crippen molar-refractivity contribution in [3.63, 3.8) is 0 Å². The Kier molecular flexibility index (Phi) is 5.01. The Bertz CT molecular complexity index is 274. The molecule has 0 radical (unpaired) electrons. The van der Waals surface area contributed by atoms with Gasteiger partial charge in [-0.05, 0) is 38.5 Å². The lowest BCUT2D eigenvalue weighted by molar-refractivity contribution is -0.128. The van der Waals surface area contributed by atoms with Crippen LogP contribution in [0.3, 0.4) is 0 Å². The average molecular weight is 253 g/mol. The molecule has 1 unspecified atom stereocenters. The molecule has 1 saturated carbocycles. The van der Waals surface area contributed by atoms with Gasteiger partial charge in [0.05, 0.1) is 0 Å². The molecule has 0 spiro atoms. The molecule has 2 N–H and O–H groups in total. The van der Waals surface area contributed by atoms with Crippen LogP contribution in [0.15, 0.2) is 0 Å². The Hall–Kier alpha value is -0.610. The number of hydrogen-bond acceptors (Lipinski definition) is 3. The Morgan fingerprint density at radius 3 is 2.72 bits per heavy atom. The summed E-state index contributed by atoms with van der Waals surface area (Å²) in [7, 11) is 0. The van der Waals surface area contributed by atoms with Crippen molar-refractivity contribution in [2.75, 3.05) is 26.2 Å². The van der Waals surface area contributed by atoms with Crippen molar-refractivity contribution in [1.82, 2.24) is 15.5 Å². The van der Waals surface area contributed by atoms with E-state index in [-0.39, 0.29) is 11.9 Å². The zero-order chi connectivity index (χ0) is 13.0. The quantitative estimate of drug-likeness (QED) is 0.788. The SMILES string of the molecule is CCNC(=O)C1CNCCN1C1CCC(C)CC1. The van der Waals surface area contributed by atoms with Gasteiger partial charge >= 0.3 is 0 Å². The van der Waals surface area contributed by atoms with Gasteiger partial charge in [0.2, 0.25) is 5.91 Å². The number of carbonyl (C=O) groups is 1. The van der Waals surface area contributed by atoms with Crippen molar-refractivity contribution >= 4 is 5.91 Å². The summed E-state index contributed by atoms with van der Waals surface area (Å²) in [5.41, 5.74) is 0. The van der Waals surface area contributed by atoms with Gasteiger partial charge in [-0.15, -0.1) is 0 Å². The van der Waals surface area contributed by atoms with Crippen LogP contribution in [0.25, 0.3) is 0 Å². The first-order valence-corrected chi connectivity index (χ1v) is 7.46. The maximum Gasteiger partial charge on any atom is 0.238 e. The fourth-order valence-corrected chi connectivity index (χ4v) is 3.27. The monoisotopic (exact) mass is 253 g/mol. The Labute approximate surface area is 110 Å². The van der Waals surface area contributed by atoms with Crippen molar-refractivity contribution in [3.8, 4) is 0 Å². The van der Waals surface area contributed by atoms with Crippen molar-refractivity contribution in [2.24, 2.45) is 5.92 Å². The van der Waals surface area contributed by atoms with Gasteiger partial charge < -0.3 is 10.6 Å². The molecule has 2 fully saturated rings. The number of hydrogen-bond donors (Lipinski definition) is 2. The van der Waals surface area contributed by atoms with E-state index >= 15 is 0 Å². The molecule has 1 aliphatic carbocycles. The van der Waals surface area contributed by atoms with E-state index in [2.05, 4.69) is 22.5 Å². The number of piperazine rings is 1. The van der Waals surface area contributed by atoms with E-state index in [0.29, 0.717) is 6.04 Å². The van der Waals surface area contributed by atoms with Gasteiger partial charge in [-0.2, -0.15) is 0 Å². The number of amides is 1. The lowest BCUT2D eigenvalue weighted by atomic mass is 9.85. The molecule has 4 heteroatoms. The standard InChI is InChI=1S/C14H27N3O/c1-3-16-14(18)13-10-15-8-9-17(13)12-6-4-11(2)5-7-12/h11-13,15H,3-10H2,1-2H3,(H,16,18). The lowest BCUT2D eigenvalue weighted by Crippen LogP contribution is -2.61. The van der Waals surface area contributed by atoms with Crippen LogP contribution in [0, 0.1) is 5.92 Å². The van der Waals surface area contributed by atoms with Gasteiger partial charge in [-0.3, -0.25) is 9.69 Å². The van der Waals surface area contributed by atoms with Gasteiger partial charge in [0.15, 0.2) is 0 Å². The van der Waals surface area contributed by atoms with E-state index in [9.17, 15) is 4.79 Å². The molecule has 0 aromatic carbocycles. The molecule has 1 amide bonds. The van der Waals surface area contributed by atoms with Crippen molar-refractivity contribution in [1.29, 1.82) is 0 Å². The van der Waals surface area contributed by atoms with Crippen molar-refractivity contribution in [3.05, 3.63) is 0 Å². The molecule has 0 bridgehead atoms. The van der Waals surface area contributed by atoms with E-state index in [1.807, 2.05) is 6.92 Å². The molecule has 2 rings (SSSR count). The summed E-state index contributed by atoms with van der Waals surface area (Å²) in [6.07, 6.45) is 5.15. The highest BCUT2D eigenvalue weighted by Crippen LogP contribution is 2.28. The van der Waals surface area contributed by atoms with E-state index in [1.165, 1.54) is 25.7 Å². The Morgan fingerprint density at radius 2 is 2.06 bits per heavy atom. The second-order valence-corrected chi connectivity index (χ2v) is 5.77. The van der Waals surface area contributed by atoms with E-state index < -0.39 is 0 Å². The van der Waals surface area contributed by atoms with Crippen LogP contribution in [-0.4, -0.2) is 49.1 Å². The summed E-state index contributed by atoms with van der Waals surface area (Å²) in [6.45, 7) is 7.89. The molecule has 4 nitrogen and oxygen atoms in total.